The van der Waals surface area contributed by atoms with Gasteiger partial charge in [-0.05, 0) is 46.0 Å². The lowest BCUT2D eigenvalue weighted by Crippen LogP contribution is -2.16. The van der Waals surface area contributed by atoms with E-state index in [0.29, 0.717) is 11.3 Å². The Morgan fingerprint density at radius 2 is 1.64 bits per heavy atom. The van der Waals surface area contributed by atoms with Crippen molar-refractivity contribution < 1.29 is 9.53 Å². The SMILES string of the molecule is COc1ccc(C(C)(C)C)cc1C(=O)Nc1ccc2ccccc2c1. The number of hydrogen-bond acceptors (Lipinski definition) is 2. The Labute approximate surface area is 148 Å². The Morgan fingerprint density at radius 3 is 2.32 bits per heavy atom. The predicted molar refractivity (Wildman–Crippen MR) is 104 cm³/mol. The zero-order valence-corrected chi connectivity index (χ0v) is 15.1. The number of carbonyl (C=O) groups is 1. The fraction of sp³-hybridized carbons (Fsp3) is 0.227. The first-order valence-electron chi connectivity index (χ1n) is 8.37. The molecule has 0 aliphatic carbocycles. The van der Waals surface area contributed by atoms with Gasteiger partial charge in [-0.3, -0.25) is 4.79 Å². The summed E-state index contributed by atoms with van der Waals surface area (Å²) in [4.78, 5) is 12.8. The van der Waals surface area contributed by atoms with Crippen molar-refractivity contribution in [3.63, 3.8) is 0 Å². The fourth-order valence-corrected chi connectivity index (χ4v) is 2.82. The monoisotopic (exact) mass is 333 g/mol. The summed E-state index contributed by atoms with van der Waals surface area (Å²) in [6.07, 6.45) is 0. The molecule has 25 heavy (non-hydrogen) atoms. The van der Waals surface area contributed by atoms with E-state index in [1.54, 1.807) is 7.11 Å². The molecule has 0 aromatic heterocycles. The standard InChI is InChI=1S/C22H23NO2/c1-22(2,3)17-10-12-20(25-4)19(14-17)21(24)23-18-11-9-15-7-5-6-8-16(15)13-18/h5-14H,1-4H3,(H,23,24). The molecule has 1 amide bonds. The van der Waals surface area contributed by atoms with Gasteiger partial charge in [0, 0.05) is 5.69 Å². The van der Waals surface area contributed by atoms with Crippen LogP contribution in [0, 0.1) is 0 Å². The Balaban J connectivity index is 1.93. The second-order valence-corrected chi connectivity index (χ2v) is 7.18. The van der Waals surface area contributed by atoms with E-state index in [9.17, 15) is 4.79 Å². The van der Waals surface area contributed by atoms with E-state index in [2.05, 4.69) is 32.2 Å². The maximum absolute atomic E-state index is 12.8. The van der Waals surface area contributed by atoms with Crippen LogP contribution < -0.4 is 10.1 Å². The molecular formula is C22H23NO2. The van der Waals surface area contributed by atoms with Crippen LogP contribution in [0.2, 0.25) is 0 Å². The van der Waals surface area contributed by atoms with Gasteiger partial charge < -0.3 is 10.1 Å². The number of carbonyl (C=O) groups excluding carboxylic acids is 1. The van der Waals surface area contributed by atoms with Crippen LogP contribution in [0.5, 0.6) is 5.75 Å². The van der Waals surface area contributed by atoms with E-state index in [4.69, 9.17) is 4.74 Å². The van der Waals surface area contributed by atoms with Gasteiger partial charge in [-0.25, -0.2) is 0 Å². The average molecular weight is 333 g/mol. The normalized spacial score (nSPS) is 11.4. The summed E-state index contributed by atoms with van der Waals surface area (Å²) < 4.78 is 5.38. The maximum atomic E-state index is 12.8. The molecule has 3 aromatic rings. The van der Waals surface area contributed by atoms with Crippen LogP contribution in [0.25, 0.3) is 10.8 Å². The van der Waals surface area contributed by atoms with Crippen molar-refractivity contribution in [3.8, 4) is 5.75 Å². The van der Waals surface area contributed by atoms with Crippen LogP contribution in [0.3, 0.4) is 0 Å². The lowest BCUT2D eigenvalue weighted by atomic mass is 9.86. The summed E-state index contributed by atoms with van der Waals surface area (Å²) in [7, 11) is 1.58. The Hall–Kier alpha value is -2.81. The van der Waals surface area contributed by atoms with Crippen LogP contribution in [0.15, 0.2) is 60.7 Å². The Kier molecular flexibility index (Phi) is 4.49. The number of methoxy groups -OCH3 is 1. The lowest BCUT2D eigenvalue weighted by molar-refractivity contribution is 0.102. The van der Waals surface area contributed by atoms with E-state index < -0.39 is 0 Å². The van der Waals surface area contributed by atoms with Crippen LogP contribution in [0.1, 0.15) is 36.7 Å². The topological polar surface area (TPSA) is 38.3 Å². The molecule has 3 rings (SSSR count). The molecule has 0 spiro atoms. The molecule has 0 fully saturated rings. The van der Waals surface area contributed by atoms with E-state index in [-0.39, 0.29) is 11.3 Å². The van der Waals surface area contributed by atoms with Gasteiger partial charge in [0.1, 0.15) is 5.75 Å². The molecule has 1 N–H and O–H groups in total. The first-order valence-corrected chi connectivity index (χ1v) is 8.37. The molecule has 3 heteroatoms. The minimum absolute atomic E-state index is 0.0374. The summed E-state index contributed by atoms with van der Waals surface area (Å²) in [5.41, 5.74) is 2.37. The van der Waals surface area contributed by atoms with Gasteiger partial charge in [0.25, 0.3) is 5.91 Å². The largest absolute Gasteiger partial charge is 0.496 e. The van der Waals surface area contributed by atoms with Gasteiger partial charge >= 0.3 is 0 Å². The molecule has 0 atom stereocenters. The van der Waals surface area contributed by atoms with Gasteiger partial charge in [0.15, 0.2) is 0 Å². The molecule has 128 valence electrons. The number of ether oxygens (including phenoxy) is 1. The van der Waals surface area contributed by atoms with Crippen molar-refractivity contribution >= 4 is 22.4 Å². The predicted octanol–water partition coefficient (Wildman–Crippen LogP) is 5.40. The molecule has 0 heterocycles. The number of nitrogens with one attached hydrogen (secondary N) is 1. The van der Waals surface area contributed by atoms with Crippen molar-refractivity contribution in [2.75, 3.05) is 12.4 Å². The molecule has 0 aliphatic heterocycles. The number of rotatable bonds is 3. The van der Waals surface area contributed by atoms with Gasteiger partial charge in [0.05, 0.1) is 12.7 Å². The Bertz CT molecular complexity index is 923. The number of amides is 1. The van der Waals surface area contributed by atoms with Gasteiger partial charge in [-0.15, -0.1) is 0 Å². The molecule has 0 bridgehead atoms. The number of hydrogen-bond donors (Lipinski definition) is 1. The Morgan fingerprint density at radius 1 is 0.920 bits per heavy atom. The summed E-state index contributed by atoms with van der Waals surface area (Å²) in [5.74, 6) is 0.407. The maximum Gasteiger partial charge on any atom is 0.259 e. The zero-order valence-electron chi connectivity index (χ0n) is 15.1. The summed E-state index contributed by atoms with van der Waals surface area (Å²) in [6.45, 7) is 6.37. The van der Waals surface area contributed by atoms with Gasteiger partial charge in [-0.1, -0.05) is 57.2 Å². The van der Waals surface area contributed by atoms with E-state index in [1.807, 2.05) is 54.6 Å². The molecule has 3 aromatic carbocycles. The van der Waals surface area contributed by atoms with Crippen molar-refractivity contribution in [2.24, 2.45) is 0 Å². The highest BCUT2D eigenvalue weighted by atomic mass is 16.5. The lowest BCUT2D eigenvalue weighted by Gasteiger charge is -2.21. The van der Waals surface area contributed by atoms with Crippen molar-refractivity contribution in [1.82, 2.24) is 0 Å². The molecule has 0 aliphatic rings. The molecule has 0 radical (unpaired) electrons. The minimum atomic E-state index is -0.168. The van der Waals surface area contributed by atoms with Crippen molar-refractivity contribution in [1.29, 1.82) is 0 Å². The molecule has 0 saturated heterocycles. The van der Waals surface area contributed by atoms with Crippen LogP contribution in [-0.2, 0) is 5.41 Å². The highest BCUT2D eigenvalue weighted by Gasteiger charge is 2.19. The summed E-state index contributed by atoms with van der Waals surface area (Å²) in [5, 5.41) is 5.22. The van der Waals surface area contributed by atoms with Crippen LogP contribution in [-0.4, -0.2) is 13.0 Å². The zero-order chi connectivity index (χ0) is 18.0. The average Bonchev–Trinajstić information content (AvgIpc) is 2.60. The fourth-order valence-electron chi connectivity index (χ4n) is 2.82. The molecule has 0 saturated carbocycles. The summed E-state index contributed by atoms with van der Waals surface area (Å²) in [6, 6.07) is 19.8. The second kappa shape index (κ2) is 6.60. The molecule has 0 unspecified atom stereocenters. The minimum Gasteiger partial charge on any atom is -0.496 e. The van der Waals surface area contributed by atoms with Crippen molar-refractivity contribution in [2.45, 2.75) is 26.2 Å². The quantitative estimate of drug-likeness (QED) is 0.697. The smallest absolute Gasteiger partial charge is 0.259 e. The third-order valence-corrected chi connectivity index (χ3v) is 4.32. The van der Waals surface area contributed by atoms with Crippen LogP contribution in [0.4, 0.5) is 5.69 Å². The second-order valence-electron chi connectivity index (χ2n) is 7.18. The first-order chi connectivity index (χ1) is 11.9. The number of anilines is 1. The molecular weight excluding hydrogens is 310 g/mol. The third kappa shape index (κ3) is 3.66. The van der Waals surface area contributed by atoms with Crippen molar-refractivity contribution in [3.05, 3.63) is 71.8 Å². The van der Waals surface area contributed by atoms with E-state index in [0.717, 1.165) is 22.0 Å². The van der Waals surface area contributed by atoms with Crippen LogP contribution >= 0.6 is 0 Å². The summed E-state index contributed by atoms with van der Waals surface area (Å²) >= 11 is 0. The third-order valence-electron chi connectivity index (χ3n) is 4.32. The van der Waals surface area contributed by atoms with E-state index >= 15 is 0 Å². The van der Waals surface area contributed by atoms with Gasteiger partial charge in [0.2, 0.25) is 0 Å². The highest BCUT2D eigenvalue weighted by Crippen LogP contribution is 2.29. The number of benzene rings is 3. The van der Waals surface area contributed by atoms with Gasteiger partial charge in [-0.2, -0.15) is 0 Å². The molecule has 3 nitrogen and oxygen atoms in total. The first kappa shape index (κ1) is 17.0. The number of fused-ring (bicyclic) bond motifs is 1. The highest BCUT2D eigenvalue weighted by molar-refractivity contribution is 6.07. The van der Waals surface area contributed by atoms with E-state index in [1.165, 1.54) is 0 Å².